The Kier molecular flexibility index (Phi) is 6.56. The van der Waals surface area contributed by atoms with E-state index in [0.717, 1.165) is 16.8 Å². The smallest absolute Gasteiger partial charge is 0.261 e. The van der Waals surface area contributed by atoms with E-state index in [2.05, 4.69) is 9.82 Å². The molecule has 1 N–H and O–H groups in total. The minimum atomic E-state index is -3.68. The fraction of sp³-hybridized carbons (Fsp3) is 0.200. The quantitative estimate of drug-likeness (QED) is 0.548. The second kappa shape index (κ2) is 9.56. The molecule has 0 saturated carbocycles. The number of methoxy groups -OCH3 is 2. The number of hydrogen-bond donors (Lipinski definition) is 1. The number of nitrogens with zero attached hydrogens (tertiary/aromatic N) is 2. The lowest BCUT2D eigenvalue weighted by atomic mass is 9.98. The predicted octanol–water partition coefficient (Wildman–Crippen LogP) is 4.20. The monoisotopic (exact) mass is 479 g/mol. The highest BCUT2D eigenvalue weighted by Crippen LogP contribution is 2.37. The molecule has 1 aliphatic rings. The lowest BCUT2D eigenvalue weighted by Gasteiger charge is -2.21. The molecule has 34 heavy (non-hydrogen) atoms. The van der Waals surface area contributed by atoms with E-state index in [9.17, 15) is 13.2 Å². The molecule has 1 atom stereocenters. The number of amides is 1. The van der Waals surface area contributed by atoms with Gasteiger partial charge in [0, 0.05) is 19.0 Å². The summed E-state index contributed by atoms with van der Waals surface area (Å²) in [6.45, 7) is 1.47. The second-order valence-corrected chi connectivity index (χ2v) is 9.42. The number of hydrazone groups is 1. The summed E-state index contributed by atoms with van der Waals surface area (Å²) in [5.41, 5.74) is 2.84. The van der Waals surface area contributed by atoms with Crippen molar-refractivity contribution in [3.8, 4) is 11.5 Å². The summed E-state index contributed by atoms with van der Waals surface area (Å²) in [4.78, 5) is 12.5. The van der Waals surface area contributed by atoms with Crippen LogP contribution in [0.4, 0.5) is 5.69 Å². The van der Waals surface area contributed by atoms with Gasteiger partial charge in [-0.2, -0.15) is 5.10 Å². The van der Waals surface area contributed by atoms with Crippen LogP contribution < -0.4 is 14.2 Å². The molecule has 9 heteroatoms. The maximum atomic E-state index is 12.6. The highest BCUT2D eigenvalue weighted by molar-refractivity contribution is 7.92. The number of benzene rings is 3. The van der Waals surface area contributed by atoms with Crippen molar-refractivity contribution in [3.05, 3.63) is 83.9 Å². The molecule has 1 unspecified atom stereocenters. The molecule has 0 bridgehead atoms. The Hall–Kier alpha value is -3.85. The van der Waals surface area contributed by atoms with Gasteiger partial charge in [-0.15, -0.1) is 0 Å². The molecule has 1 amide bonds. The van der Waals surface area contributed by atoms with Gasteiger partial charge in [0.2, 0.25) is 5.91 Å². The molecule has 0 aromatic heterocycles. The number of hydrogen-bond acceptors (Lipinski definition) is 6. The summed E-state index contributed by atoms with van der Waals surface area (Å²) in [5, 5.41) is 6.02. The lowest BCUT2D eigenvalue weighted by Crippen LogP contribution is -2.24. The first-order chi connectivity index (χ1) is 16.3. The molecule has 8 nitrogen and oxygen atoms in total. The summed E-state index contributed by atoms with van der Waals surface area (Å²) in [6.07, 6.45) is 0.504. The normalized spacial score (nSPS) is 15.6. The first kappa shape index (κ1) is 23.3. The van der Waals surface area contributed by atoms with Gasteiger partial charge in [-0.05, 0) is 47.5 Å². The largest absolute Gasteiger partial charge is 0.493 e. The van der Waals surface area contributed by atoms with Gasteiger partial charge in [0.1, 0.15) is 0 Å². The summed E-state index contributed by atoms with van der Waals surface area (Å²) in [6, 6.07) is 20.4. The zero-order valence-corrected chi connectivity index (χ0v) is 19.9. The number of anilines is 1. The van der Waals surface area contributed by atoms with E-state index in [1.54, 1.807) is 62.8 Å². The molecule has 3 aromatic carbocycles. The van der Waals surface area contributed by atoms with Crippen molar-refractivity contribution in [2.75, 3.05) is 18.9 Å². The molecule has 4 rings (SSSR count). The third-order valence-corrected chi connectivity index (χ3v) is 6.95. The van der Waals surface area contributed by atoms with Crippen LogP contribution in [0.1, 0.15) is 30.5 Å². The van der Waals surface area contributed by atoms with Crippen LogP contribution in [0.2, 0.25) is 0 Å². The molecule has 176 valence electrons. The molecule has 0 spiro atoms. The maximum absolute atomic E-state index is 12.6. The highest BCUT2D eigenvalue weighted by atomic mass is 32.2. The van der Waals surface area contributed by atoms with Gasteiger partial charge in [-0.1, -0.05) is 36.4 Å². The fourth-order valence-electron chi connectivity index (χ4n) is 3.84. The Morgan fingerprint density at radius 3 is 2.26 bits per heavy atom. The van der Waals surface area contributed by atoms with Crippen LogP contribution in [-0.4, -0.2) is 39.3 Å². The molecule has 3 aromatic rings. The van der Waals surface area contributed by atoms with Crippen molar-refractivity contribution >= 4 is 27.3 Å². The minimum Gasteiger partial charge on any atom is -0.493 e. The van der Waals surface area contributed by atoms with Crippen molar-refractivity contribution in [1.29, 1.82) is 0 Å². The van der Waals surface area contributed by atoms with E-state index in [-0.39, 0.29) is 16.8 Å². The van der Waals surface area contributed by atoms with E-state index in [1.807, 2.05) is 12.1 Å². The Labute approximate surface area is 198 Å². The average Bonchev–Trinajstić information content (AvgIpc) is 3.30. The molecular weight excluding hydrogens is 454 g/mol. The van der Waals surface area contributed by atoms with Crippen LogP contribution in [0.5, 0.6) is 11.5 Å². The van der Waals surface area contributed by atoms with Gasteiger partial charge in [-0.3, -0.25) is 9.52 Å². The highest BCUT2D eigenvalue weighted by Gasteiger charge is 2.32. The number of carbonyl (C=O) groups is 1. The first-order valence-corrected chi connectivity index (χ1v) is 12.1. The van der Waals surface area contributed by atoms with Crippen LogP contribution in [0.25, 0.3) is 0 Å². The van der Waals surface area contributed by atoms with Gasteiger partial charge in [0.25, 0.3) is 10.0 Å². The summed E-state index contributed by atoms with van der Waals surface area (Å²) in [5.74, 6) is 1.00. The Morgan fingerprint density at radius 2 is 1.65 bits per heavy atom. The summed E-state index contributed by atoms with van der Waals surface area (Å²) in [7, 11) is -0.544. The third kappa shape index (κ3) is 4.74. The van der Waals surface area contributed by atoms with Crippen LogP contribution >= 0.6 is 0 Å². The van der Waals surface area contributed by atoms with Crippen molar-refractivity contribution in [1.82, 2.24) is 5.01 Å². The third-order valence-electron chi connectivity index (χ3n) is 5.55. The fourth-order valence-corrected chi connectivity index (χ4v) is 4.92. The molecule has 0 radical (unpaired) electrons. The Balaban J connectivity index is 1.55. The molecular formula is C25H25N3O5S. The molecule has 0 saturated heterocycles. The lowest BCUT2D eigenvalue weighted by molar-refractivity contribution is -0.130. The Bertz CT molecular complexity index is 1320. The summed E-state index contributed by atoms with van der Waals surface area (Å²) < 4.78 is 38.4. The number of carbonyl (C=O) groups excluding carboxylic acids is 1. The number of ether oxygens (including phenoxy) is 2. The van der Waals surface area contributed by atoms with Gasteiger partial charge < -0.3 is 9.47 Å². The van der Waals surface area contributed by atoms with Crippen molar-refractivity contribution in [2.24, 2.45) is 5.10 Å². The first-order valence-electron chi connectivity index (χ1n) is 10.6. The number of rotatable bonds is 7. The molecule has 0 aliphatic carbocycles. The van der Waals surface area contributed by atoms with E-state index in [1.165, 1.54) is 24.1 Å². The maximum Gasteiger partial charge on any atom is 0.261 e. The molecule has 1 heterocycles. The van der Waals surface area contributed by atoms with Crippen LogP contribution in [-0.2, 0) is 14.8 Å². The Morgan fingerprint density at radius 1 is 0.971 bits per heavy atom. The standard InChI is InChI=1S/C25H25N3O5S/c1-17(29)28-23(19-11-14-24(32-2)25(15-19)33-3)16-22(26-28)18-9-12-20(13-10-18)27-34(30,31)21-7-5-4-6-8-21/h4-15,23,27H,16H2,1-3H3. The van der Waals surface area contributed by atoms with Gasteiger partial charge in [0.15, 0.2) is 11.5 Å². The van der Waals surface area contributed by atoms with E-state index < -0.39 is 10.0 Å². The predicted molar refractivity (Wildman–Crippen MR) is 130 cm³/mol. The zero-order chi connectivity index (χ0) is 24.3. The van der Waals surface area contributed by atoms with E-state index in [4.69, 9.17) is 9.47 Å². The van der Waals surface area contributed by atoms with E-state index >= 15 is 0 Å². The van der Waals surface area contributed by atoms with Gasteiger partial charge >= 0.3 is 0 Å². The van der Waals surface area contributed by atoms with Crippen molar-refractivity contribution in [3.63, 3.8) is 0 Å². The zero-order valence-electron chi connectivity index (χ0n) is 19.1. The second-order valence-electron chi connectivity index (χ2n) is 7.74. The van der Waals surface area contributed by atoms with Crippen molar-refractivity contribution < 1.29 is 22.7 Å². The van der Waals surface area contributed by atoms with Gasteiger partial charge in [-0.25, -0.2) is 13.4 Å². The average molecular weight is 480 g/mol. The molecule has 1 aliphatic heterocycles. The summed E-state index contributed by atoms with van der Waals surface area (Å²) >= 11 is 0. The van der Waals surface area contributed by atoms with Crippen molar-refractivity contribution in [2.45, 2.75) is 24.3 Å². The van der Waals surface area contributed by atoms with Crippen LogP contribution in [0.15, 0.2) is 82.8 Å². The van der Waals surface area contributed by atoms with Gasteiger partial charge in [0.05, 0.1) is 30.9 Å². The van der Waals surface area contributed by atoms with Crippen LogP contribution in [0, 0.1) is 0 Å². The SMILES string of the molecule is COc1ccc(C2CC(c3ccc(NS(=O)(=O)c4ccccc4)cc3)=NN2C(C)=O)cc1OC. The van der Waals surface area contributed by atoms with Crippen LogP contribution in [0.3, 0.4) is 0 Å². The number of nitrogens with one attached hydrogen (secondary N) is 1. The topological polar surface area (TPSA) is 97.3 Å². The molecule has 0 fully saturated rings. The van der Waals surface area contributed by atoms with E-state index in [0.29, 0.717) is 23.6 Å². The number of sulfonamides is 1. The minimum absolute atomic E-state index is 0.179.